The molecule has 2 fully saturated rings. The molecule has 2 amide bonds. The van der Waals surface area contributed by atoms with E-state index in [-0.39, 0.29) is 23.7 Å². The number of imide groups is 1. The largest absolute Gasteiger partial charge is 0.353 e. The number of aryl methyl sites for hydroxylation is 1. The lowest BCUT2D eigenvalue weighted by atomic mass is 9.85. The van der Waals surface area contributed by atoms with Gasteiger partial charge in [0.2, 0.25) is 11.8 Å². The average Bonchev–Trinajstić information content (AvgIpc) is 3.34. The number of amides is 2. The number of amidine groups is 1. The number of para-hydroxylation sites is 2. The average molecular weight is 518 g/mol. The molecular formula is C29H35N5O2S. The van der Waals surface area contributed by atoms with Crippen molar-refractivity contribution in [2.75, 3.05) is 44.6 Å². The van der Waals surface area contributed by atoms with E-state index in [0.717, 1.165) is 82.0 Å². The van der Waals surface area contributed by atoms with Gasteiger partial charge in [0, 0.05) is 37.6 Å². The topological polar surface area (TPSA) is 68.2 Å². The first kappa shape index (κ1) is 24.4. The Bertz CT molecular complexity index is 1220. The number of allylic oxidation sites excluding steroid dienone is 2. The molecule has 0 spiro atoms. The van der Waals surface area contributed by atoms with Crippen LogP contribution in [0.4, 0.5) is 16.4 Å². The van der Waals surface area contributed by atoms with Gasteiger partial charge in [-0.3, -0.25) is 19.4 Å². The van der Waals surface area contributed by atoms with Gasteiger partial charge in [-0.15, -0.1) is 11.3 Å². The monoisotopic (exact) mass is 517 g/mol. The fourth-order valence-electron chi connectivity index (χ4n) is 6.04. The highest BCUT2D eigenvalue weighted by Crippen LogP contribution is 2.39. The van der Waals surface area contributed by atoms with Crippen LogP contribution in [0, 0.1) is 18.8 Å². The van der Waals surface area contributed by atoms with Gasteiger partial charge in [0.1, 0.15) is 10.8 Å². The highest BCUT2D eigenvalue weighted by atomic mass is 32.1. The third-order valence-corrected chi connectivity index (χ3v) is 9.07. The zero-order valence-electron chi connectivity index (χ0n) is 21.5. The van der Waals surface area contributed by atoms with Crippen LogP contribution in [0.1, 0.15) is 42.5 Å². The maximum Gasteiger partial charge on any atom is 0.233 e. The van der Waals surface area contributed by atoms with E-state index < -0.39 is 0 Å². The molecule has 4 heterocycles. The van der Waals surface area contributed by atoms with Crippen LogP contribution in [-0.4, -0.2) is 71.6 Å². The van der Waals surface area contributed by atoms with Gasteiger partial charge >= 0.3 is 0 Å². The molecule has 0 bridgehead atoms. The number of nitrogens with zero attached hydrogens (tertiary/aromatic N) is 4. The molecule has 8 heteroatoms. The predicted molar refractivity (Wildman–Crippen MR) is 149 cm³/mol. The van der Waals surface area contributed by atoms with E-state index in [1.807, 2.05) is 18.2 Å². The van der Waals surface area contributed by atoms with Crippen LogP contribution in [0.2, 0.25) is 0 Å². The summed E-state index contributed by atoms with van der Waals surface area (Å²) in [6.45, 7) is 7.76. The molecule has 1 aromatic carbocycles. The lowest BCUT2D eigenvalue weighted by Crippen LogP contribution is -2.49. The molecule has 2 unspecified atom stereocenters. The fourth-order valence-corrected chi connectivity index (χ4v) is 6.96. The molecule has 1 aliphatic carbocycles. The number of anilines is 2. The van der Waals surface area contributed by atoms with Crippen LogP contribution < -0.4 is 5.32 Å². The van der Waals surface area contributed by atoms with E-state index >= 15 is 0 Å². The molecule has 37 heavy (non-hydrogen) atoms. The summed E-state index contributed by atoms with van der Waals surface area (Å²) in [6.07, 6.45) is 8.57. The van der Waals surface area contributed by atoms with Gasteiger partial charge in [-0.2, -0.15) is 0 Å². The lowest BCUT2D eigenvalue weighted by Gasteiger charge is -2.36. The summed E-state index contributed by atoms with van der Waals surface area (Å²) in [4.78, 5) is 38.2. The van der Waals surface area contributed by atoms with Crippen molar-refractivity contribution in [3.05, 3.63) is 52.9 Å². The van der Waals surface area contributed by atoms with Gasteiger partial charge in [0.15, 0.2) is 0 Å². The van der Waals surface area contributed by atoms with Crippen molar-refractivity contribution in [2.45, 2.75) is 39.0 Å². The van der Waals surface area contributed by atoms with Crippen molar-refractivity contribution in [3.8, 4) is 0 Å². The first-order valence-electron chi connectivity index (χ1n) is 13.6. The highest BCUT2D eigenvalue weighted by Gasteiger charge is 2.46. The number of thiophene rings is 1. The van der Waals surface area contributed by atoms with Crippen LogP contribution in [0.25, 0.3) is 0 Å². The van der Waals surface area contributed by atoms with Crippen molar-refractivity contribution in [1.29, 1.82) is 0 Å². The quantitative estimate of drug-likeness (QED) is 0.334. The Morgan fingerprint density at radius 3 is 2.41 bits per heavy atom. The molecule has 2 atom stereocenters. The van der Waals surface area contributed by atoms with Crippen LogP contribution in [0.15, 0.2) is 47.5 Å². The summed E-state index contributed by atoms with van der Waals surface area (Å²) in [5.74, 6) is 0.972. The van der Waals surface area contributed by atoms with Crippen LogP contribution in [0.5, 0.6) is 0 Å². The number of carbonyl (C=O) groups is 2. The van der Waals surface area contributed by atoms with Crippen LogP contribution >= 0.6 is 11.3 Å². The minimum Gasteiger partial charge on any atom is -0.353 e. The van der Waals surface area contributed by atoms with Gasteiger partial charge in [0.25, 0.3) is 0 Å². The number of hydrogen-bond donors (Lipinski definition) is 1. The minimum atomic E-state index is -0.106. The summed E-state index contributed by atoms with van der Waals surface area (Å²) < 4.78 is 0. The van der Waals surface area contributed by atoms with Crippen molar-refractivity contribution in [2.24, 2.45) is 16.8 Å². The zero-order valence-corrected chi connectivity index (χ0v) is 22.3. The number of carbonyl (C=O) groups excluding carboxylic acids is 2. The van der Waals surface area contributed by atoms with Crippen LogP contribution in [0.3, 0.4) is 0 Å². The Balaban J connectivity index is 0.990. The standard InChI is InChI=1S/C29H35N5O2S/c1-20-19-23-26(30-24-11-5-6-12-25(24)31-27(23)37-20)33-17-15-32(16-18-33)13-7-2-8-14-34-28(35)21-9-3-4-10-22(21)29(34)36/h3-6,11-12,19,21-22,31H,2,7-10,13-18H2,1H3. The highest BCUT2D eigenvalue weighted by molar-refractivity contribution is 7.16. The van der Waals surface area contributed by atoms with Gasteiger partial charge in [-0.25, -0.2) is 4.99 Å². The Morgan fingerprint density at radius 1 is 0.946 bits per heavy atom. The lowest BCUT2D eigenvalue weighted by molar-refractivity contribution is -0.139. The number of rotatable bonds is 6. The molecule has 0 saturated carbocycles. The van der Waals surface area contributed by atoms with E-state index in [0.29, 0.717) is 6.54 Å². The van der Waals surface area contributed by atoms with E-state index in [1.54, 1.807) is 16.2 Å². The third-order valence-electron chi connectivity index (χ3n) is 8.10. The summed E-state index contributed by atoms with van der Waals surface area (Å²) >= 11 is 1.79. The summed E-state index contributed by atoms with van der Waals surface area (Å²) in [5.41, 5.74) is 3.26. The van der Waals surface area contributed by atoms with Crippen LogP contribution in [-0.2, 0) is 9.59 Å². The predicted octanol–water partition coefficient (Wildman–Crippen LogP) is 4.93. The summed E-state index contributed by atoms with van der Waals surface area (Å²) in [6, 6.07) is 10.5. The van der Waals surface area contributed by atoms with Gasteiger partial charge in [-0.1, -0.05) is 30.7 Å². The Labute approximate surface area is 222 Å². The number of unbranched alkanes of at least 4 members (excludes halogenated alkanes) is 2. The minimum absolute atomic E-state index is 0.0543. The number of aliphatic imine (C=N–C) groups is 1. The number of benzene rings is 1. The fraction of sp³-hybridized carbons (Fsp3) is 0.483. The van der Waals surface area contributed by atoms with Crippen molar-refractivity contribution in [3.63, 3.8) is 0 Å². The van der Waals surface area contributed by atoms with Gasteiger partial charge in [-0.05, 0) is 57.4 Å². The van der Waals surface area contributed by atoms with Crippen molar-refractivity contribution < 1.29 is 9.59 Å². The molecule has 1 aromatic heterocycles. The van der Waals surface area contributed by atoms with Gasteiger partial charge in [0.05, 0.1) is 28.8 Å². The molecule has 3 aliphatic heterocycles. The zero-order chi connectivity index (χ0) is 25.4. The molecule has 2 aromatic rings. The molecule has 7 nitrogen and oxygen atoms in total. The summed E-state index contributed by atoms with van der Waals surface area (Å²) in [5, 5.41) is 4.77. The Hall–Kier alpha value is -2.97. The number of piperazine rings is 1. The van der Waals surface area contributed by atoms with E-state index in [2.05, 4.69) is 46.3 Å². The summed E-state index contributed by atoms with van der Waals surface area (Å²) in [7, 11) is 0. The molecule has 4 aliphatic rings. The van der Waals surface area contributed by atoms with Crippen molar-refractivity contribution >= 4 is 45.4 Å². The third kappa shape index (κ3) is 4.84. The molecule has 2 saturated heterocycles. The first-order chi connectivity index (χ1) is 18.1. The SMILES string of the molecule is Cc1cc2c(s1)Nc1ccccc1N=C2N1CCN(CCCCCN2C(=O)C3CC=CCC3C2=O)CC1. The van der Waals surface area contributed by atoms with Crippen molar-refractivity contribution in [1.82, 2.24) is 14.7 Å². The van der Waals surface area contributed by atoms with E-state index in [1.165, 1.54) is 15.4 Å². The van der Waals surface area contributed by atoms with Gasteiger partial charge < -0.3 is 10.2 Å². The molecule has 0 radical (unpaired) electrons. The number of likely N-dealkylation sites (tertiary alicyclic amines) is 1. The number of nitrogens with one attached hydrogen (secondary N) is 1. The van der Waals surface area contributed by atoms with E-state index in [9.17, 15) is 9.59 Å². The Kier molecular flexibility index (Phi) is 6.86. The molecular weight excluding hydrogens is 482 g/mol. The number of hydrogen-bond acceptors (Lipinski definition) is 7. The molecule has 1 N–H and O–H groups in total. The Morgan fingerprint density at radius 2 is 1.65 bits per heavy atom. The second-order valence-corrected chi connectivity index (χ2v) is 11.8. The maximum atomic E-state index is 12.6. The second kappa shape index (κ2) is 10.4. The normalized spacial score (nSPS) is 23.3. The smallest absolute Gasteiger partial charge is 0.233 e. The van der Waals surface area contributed by atoms with E-state index in [4.69, 9.17) is 4.99 Å². The number of fused-ring (bicyclic) bond motifs is 3. The second-order valence-electron chi connectivity index (χ2n) is 10.6. The molecule has 194 valence electrons. The first-order valence-corrected chi connectivity index (χ1v) is 14.4. The maximum absolute atomic E-state index is 12.6. The molecule has 6 rings (SSSR count).